The lowest BCUT2D eigenvalue weighted by atomic mass is 9.94. The van der Waals surface area contributed by atoms with E-state index in [-0.39, 0.29) is 9.79 Å². The van der Waals surface area contributed by atoms with Gasteiger partial charge in [-0.25, -0.2) is 8.42 Å². The molecule has 0 fully saturated rings. The first-order chi connectivity index (χ1) is 30.9. The van der Waals surface area contributed by atoms with Gasteiger partial charge in [0, 0.05) is 33.8 Å². The van der Waals surface area contributed by atoms with Gasteiger partial charge in [0.05, 0.1) is 23.0 Å². The van der Waals surface area contributed by atoms with Crippen LogP contribution in [0, 0.1) is 0 Å². The van der Waals surface area contributed by atoms with Gasteiger partial charge in [-0.15, -0.1) is 0 Å². The first-order valence-electron chi connectivity index (χ1n) is 20.9. The van der Waals surface area contributed by atoms with Gasteiger partial charge in [0.1, 0.15) is 11.5 Å². The first-order valence-corrected chi connectivity index (χ1v) is 23.7. The Balaban J connectivity index is 1.25. The average molecular weight is 875 g/mol. The molecule has 0 aromatic heterocycles. The van der Waals surface area contributed by atoms with Gasteiger partial charge in [-0.05, 0) is 114 Å². The standard InChI is InChI=1S/C56H42O4S3/c57-63(58,49-33-51(45-21-17-37-9-1-5-13-41(37)29-45)55(59-25-27-61)52(34-49)46-22-18-38-10-2-6-14-42(38)30-46)50-35-53(47-23-19-39-11-3-7-15-43(39)31-47)56(60-26-28-62)54(36-50)48-24-20-40-12-4-8-16-44(40)32-48/h1-24,29-36,61-62H,25-28H2. The van der Waals surface area contributed by atoms with Crippen LogP contribution in [0.25, 0.3) is 87.6 Å². The van der Waals surface area contributed by atoms with E-state index in [1.54, 1.807) is 24.3 Å². The van der Waals surface area contributed by atoms with Gasteiger partial charge in [0.25, 0.3) is 0 Å². The van der Waals surface area contributed by atoms with Crippen LogP contribution in [0.15, 0.2) is 204 Å². The highest BCUT2D eigenvalue weighted by Crippen LogP contribution is 2.47. The molecule has 10 aromatic rings. The van der Waals surface area contributed by atoms with Crippen molar-refractivity contribution in [2.75, 3.05) is 24.7 Å². The largest absolute Gasteiger partial charge is 0.491 e. The van der Waals surface area contributed by atoms with Crippen LogP contribution in [-0.2, 0) is 9.84 Å². The molecule has 0 bridgehead atoms. The molecular weight excluding hydrogens is 833 g/mol. The molecule has 0 spiro atoms. The maximum Gasteiger partial charge on any atom is 0.206 e. The van der Waals surface area contributed by atoms with Gasteiger partial charge in [-0.2, -0.15) is 25.3 Å². The fourth-order valence-corrected chi connectivity index (χ4v) is 10.1. The van der Waals surface area contributed by atoms with E-state index in [9.17, 15) is 0 Å². The Hall–Kier alpha value is -6.51. The SMILES string of the molecule is O=S(=O)(c1cc(-c2ccc3ccccc3c2)c(OCCS)c(-c2ccc3ccccc3c2)c1)c1cc(-c2ccc3ccccc3c2)c(OCCS)c(-c2ccc3ccccc3c2)c1. The van der Waals surface area contributed by atoms with Crippen molar-refractivity contribution in [3.63, 3.8) is 0 Å². The summed E-state index contributed by atoms with van der Waals surface area (Å²) in [5.41, 5.74) is 6.04. The highest BCUT2D eigenvalue weighted by atomic mass is 32.2. The predicted molar refractivity (Wildman–Crippen MR) is 269 cm³/mol. The molecule has 0 saturated heterocycles. The van der Waals surface area contributed by atoms with Gasteiger partial charge >= 0.3 is 0 Å². The van der Waals surface area contributed by atoms with Crippen molar-refractivity contribution in [1.82, 2.24) is 0 Å². The summed E-state index contributed by atoms with van der Waals surface area (Å²) in [6.07, 6.45) is 0. The van der Waals surface area contributed by atoms with E-state index in [0.29, 0.717) is 58.5 Å². The highest BCUT2D eigenvalue weighted by molar-refractivity contribution is 7.91. The van der Waals surface area contributed by atoms with Crippen molar-refractivity contribution in [2.24, 2.45) is 0 Å². The molecule has 0 N–H and O–H groups in total. The number of hydrogen-bond donors (Lipinski definition) is 2. The van der Waals surface area contributed by atoms with Gasteiger partial charge in [0.2, 0.25) is 9.84 Å². The van der Waals surface area contributed by atoms with Crippen LogP contribution in [0.3, 0.4) is 0 Å². The summed E-state index contributed by atoms with van der Waals surface area (Å²) in [6, 6.07) is 64.6. The monoisotopic (exact) mass is 874 g/mol. The molecule has 0 heterocycles. The van der Waals surface area contributed by atoms with Crippen LogP contribution >= 0.6 is 25.3 Å². The second-order valence-corrected chi connectivity index (χ2v) is 18.4. The maximum atomic E-state index is 15.8. The number of sulfone groups is 1. The number of rotatable bonds is 12. The van der Waals surface area contributed by atoms with Crippen molar-refractivity contribution >= 4 is 78.2 Å². The molecule has 63 heavy (non-hydrogen) atoms. The Morgan fingerprint density at radius 3 is 0.841 bits per heavy atom. The molecule has 0 aliphatic heterocycles. The summed E-state index contributed by atoms with van der Waals surface area (Å²) < 4.78 is 44.7. The zero-order valence-corrected chi connectivity index (χ0v) is 36.8. The number of benzene rings is 10. The van der Waals surface area contributed by atoms with E-state index < -0.39 is 9.84 Å². The third-order valence-corrected chi connectivity index (χ3v) is 13.7. The van der Waals surface area contributed by atoms with Gasteiger partial charge in [-0.3, -0.25) is 0 Å². The van der Waals surface area contributed by atoms with E-state index in [1.165, 1.54) is 0 Å². The van der Waals surface area contributed by atoms with Crippen molar-refractivity contribution in [3.8, 4) is 56.0 Å². The third kappa shape index (κ3) is 7.93. The van der Waals surface area contributed by atoms with Crippen molar-refractivity contribution in [2.45, 2.75) is 9.79 Å². The summed E-state index contributed by atoms with van der Waals surface area (Å²) in [6.45, 7) is 0.655. The molecule has 0 unspecified atom stereocenters. The summed E-state index contributed by atoms with van der Waals surface area (Å²) in [7, 11) is -4.25. The summed E-state index contributed by atoms with van der Waals surface area (Å²) >= 11 is 9.04. The molecule has 0 aliphatic rings. The zero-order valence-electron chi connectivity index (χ0n) is 34.2. The first kappa shape index (κ1) is 40.6. The van der Waals surface area contributed by atoms with Crippen LogP contribution in [0.2, 0.25) is 0 Å². The summed E-state index contributed by atoms with van der Waals surface area (Å²) in [5.74, 6) is 2.14. The van der Waals surface area contributed by atoms with E-state index in [2.05, 4.69) is 122 Å². The fourth-order valence-electron chi connectivity index (χ4n) is 8.54. The Bertz CT molecular complexity index is 3040. The zero-order chi connectivity index (χ0) is 42.9. The molecule has 308 valence electrons. The molecule has 7 heteroatoms. The normalized spacial score (nSPS) is 11.7. The smallest absolute Gasteiger partial charge is 0.206 e. The maximum absolute atomic E-state index is 15.8. The number of fused-ring (bicyclic) bond motifs is 4. The Morgan fingerprint density at radius 2 is 0.587 bits per heavy atom. The van der Waals surface area contributed by atoms with Crippen LogP contribution < -0.4 is 9.47 Å². The predicted octanol–water partition coefficient (Wildman–Crippen LogP) is 14.4. The molecule has 10 aromatic carbocycles. The number of ether oxygens (including phenoxy) is 2. The quantitative estimate of drug-likeness (QED) is 0.120. The lowest BCUT2D eigenvalue weighted by Gasteiger charge is -2.21. The van der Waals surface area contributed by atoms with Crippen LogP contribution in [0.1, 0.15) is 0 Å². The van der Waals surface area contributed by atoms with E-state index in [4.69, 9.17) is 9.47 Å². The highest BCUT2D eigenvalue weighted by Gasteiger charge is 2.28. The minimum Gasteiger partial charge on any atom is -0.491 e. The molecule has 0 atom stereocenters. The minimum atomic E-state index is -4.25. The molecule has 0 radical (unpaired) electrons. The molecule has 0 aliphatic carbocycles. The van der Waals surface area contributed by atoms with E-state index in [1.807, 2.05) is 72.8 Å². The number of thiol groups is 2. The second kappa shape index (κ2) is 17.3. The van der Waals surface area contributed by atoms with Gasteiger partial charge in [0.15, 0.2) is 0 Å². The number of hydrogen-bond acceptors (Lipinski definition) is 6. The van der Waals surface area contributed by atoms with E-state index in [0.717, 1.165) is 65.3 Å². The Kier molecular flexibility index (Phi) is 11.2. The molecule has 0 saturated carbocycles. The lowest BCUT2D eigenvalue weighted by molar-refractivity contribution is 0.347. The van der Waals surface area contributed by atoms with E-state index >= 15 is 8.42 Å². The molecular formula is C56H42O4S3. The average Bonchev–Trinajstić information content (AvgIpc) is 3.33. The van der Waals surface area contributed by atoms with Crippen molar-refractivity contribution < 1.29 is 17.9 Å². The fraction of sp³-hybridized carbons (Fsp3) is 0.0714. The van der Waals surface area contributed by atoms with Gasteiger partial charge < -0.3 is 9.47 Å². The van der Waals surface area contributed by atoms with Crippen LogP contribution in [0.5, 0.6) is 11.5 Å². The van der Waals surface area contributed by atoms with Crippen LogP contribution in [-0.4, -0.2) is 33.1 Å². The summed E-state index contributed by atoms with van der Waals surface area (Å²) in [4.78, 5) is 0.287. The van der Waals surface area contributed by atoms with Crippen LogP contribution in [0.4, 0.5) is 0 Å². The molecule has 10 rings (SSSR count). The second-order valence-electron chi connectivity index (χ2n) is 15.6. The minimum absolute atomic E-state index is 0.144. The molecule has 0 amide bonds. The van der Waals surface area contributed by atoms with Crippen molar-refractivity contribution in [1.29, 1.82) is 0 Å². The Morgan fingerprint density at radius 1 is 0.333 bits per heavy atom. The Labute approximate surface area is 378 Å². The topological polar surface area (TPSA) is 52.6 Å². The van der Waals surface area contributed by atoms with Crippen molar-refractivity contribution in [3.05, 3.63) is 194 Å². The molecule has 4 nitrogen and oxygen atoms in total. The summed E-state index contributed by atoms with van der Waals surface area (Å²) in [5, 5.41) is 8.47. The third-order valence-electron chi connectivity index (χ3n) is 11.7. The lowest BCUT2D eigenvalue weighted by Crippen LogP contribution is -2.08. The van der Waals surface area contributed by atoms with Gasteiger partial charge in [-0.1, -0.05) is 146 Å².